The molecular weight excluding hydrogens is 402 g/mol. The molecule has 1 heterocycles. The molecule has 0 bridgehead atoms. The molecule has 0 saturated heterocycles. The van der Waals surface area contributed by atoms with Crippen molar-refractivity contribution < 1.29 is 21.9 Å². The summed E-state index contributed by atoms with van der Waals surface area (Å²) in [4.78, 5) is 12.4. The summed E-state index contributed by atoms with van der Waals surface area (Å²) >= 11 is 6.29. The summed E-state index contributed by atoms with van der Waals surface area (Å²) in [5, 5.41) is -2.80. The first-order valence-corrected chi connectivity index (χ1v) is 9.16. The number of fused-ring (bicyclic) bond motifs is 4. The summed E-state index contributed by atoms with van der Waals surface area (Å²) in [6.07, 6.45) is 0. The lowest BCUT2D eigenvalue weighted by Crippen LogP contribution is -1.98. The van der Waals surface area contributed by atoms with Crippen LogP contribution in [0.5, 0.6) is 0 Å². The van der Waals surface area contributed by atoms with Crippen LogP contribution in [0.25, 0.3) is 55.1 Å². The average Bonchev–Trinajstić information content (AvgIpc) is 3.03. The van der Waals surface area contributed by atoms with E-state index in [1.54, 1.807) is 0 Å². The van der Waals surface area contributed by atoms with Gasteiger partial charge in [-0.2, -0.15) is 9.97 Å². The van der Waals surface area contributed by atoms with Crippen molar-refractivity contribution in [3.05, 3.63) is 102 Å². The van der Waals surface area contributed by atoms with Crippen molar-refractivity contribution in [2.75, 3.05) is 0 Å². The second-order valence-electron chi connectivity index (χ2n) is 6.25. The third-order valence-electron chi connectivity index (χ3n) is 4.49. The van der Waals surface area contributed by atoms with Crippen molar-refractivity contribution in [1.29, 1.82) is 0 Å². The maximum absolute atomic E-state index is 8.84. The van der Waals surface area contributed by atoms with Gasteiger partial charge in [0.25, 0.3) is 0 Å². The minimum absolute atomic E-state index is 0.340. The van der Waals surface area contributed by atoms with Gasteiger partial charge in [0.1, 0.15) is 0 Å². The summed E-state index contributed by atoms with van der Waals surface area (Å²) < 4.78 is 135. The van der Waals surface area contributed by atoms with Crippen LogP contribution in [0.1, 0.15) is 21.9 Å². The highest BCUT2D eigenvalue weighted by molar-refractivity contribution is 6.28. The van der Waals surface area contributed by atoms with Gasteiger partial charge in [-0.25, -0.2) is 4.98 Å². The summed E-state index contributed by atoms with van der Waals surface area (Å²) in [6, 6.07) is -10.9. The molecule has 0 fully saturated rings. The topological polar surface area (TPSA) is 38.7 Å². The van der Waals surface area contributed by atoms with Gasteiger partial charge in [-0.3, -0.25) is 0 Å². The zero-order chi connectivity index (χ0) is 34.7. The normalized spacial score (nSPS) is 18.6. The molecule has 5 aromatic carbocycles. The average molecular weight is 434 g/mol. The van der Waals surface area contributed by atoms with E-state index in [1.165, 1.54) is 0 Å². The monoisotopic (exact) mass is 433 g/mol. The fourth-order valence-corrected chi connectivity index (χ4v) is 3.32. The Kier molecular flexibility index (Phi) is 1.85. The molecule has 146 valence electrons. The molecule has 4 heteroatoms. The van der Waals surface area contributed by atoms with Crippen LogP contribution in [0.2, 0.25) is 5.28 Å². The second kappa shape index (κ2) is 7.15. The summed E-state index contributed by atoms with van der Waals surface area (Å²) in [5.41, 5.74) is -0.871. The Labute approximate surface area is 206 Å². The van der Waals surface area contributed by atoms with Gasteiger partial charge in [0.05, 0.1) is 21.9 Å². The van der Waals surface area contributed by atoms with E-state index in [-0.39, 0.29) is 26.9 Å². The van der Waals surface area contributed by atoms with Crippen LogP contribution in [-0.4, -0.2) is 15.0 Å². The minimum atomic E-state index is -0.746. The molecule has 6 aromatic rings. The summed E-state index contributed by atoms with van der Waals surface area (Å²) in [6.45, 7) is 0. The summed E-state index contributed by atoms with van der Waals surface area (Å²) in [7, 11) is 0. The molecule has 1 aromatic heterocycles. The molecule has 0 N–H and O–H groups in total. The number of benzene rings is 5. The quantitative estimate of drug-likeness (QED) is 0.268. The van der Waals surface area contributed by atoms with E-state index in [0.717, 1.165) is 0 Å². The number of halogens is 1. The number of hydrogen-bond donors (Lipinski definition) is 0. The van der Waals surface area contributed by atoms with Gasteiger partial charge in [-0.15, -0.1) is 0 Å². The number of rotatable bonds is 2. The van der Waals surface area contributed by atoms with Crippen LogP contribution < -0.4 is 0 Å². The largest absolute Gasteiger partial charge is 0.226 e. The van der Waals surface area contributed by atoms with Gasteiger partial charge in [0.2, 0.25) is 5.28 Å². The standard InChI is InChI=1S/C27H16ClN3/c28-27-30-25(23-13-5-9-17-7-1-4-11-20(17)23)29-26(31-27)24-14-6-12-21-19-10-3-2-8-18(19)15-16-22(21)24/h1-16H/i1D,2D,3D,4D,5D,6D,7D,8D,9D,10D,11D,12D,13D,14D,15D,16D. The van der Waals surface area contributed by atoms with E-state index in [9.17, 15) is 0 Å². The third-order valence-corrected chi connectivity index (χ3v) is 4.66. The SMILES string of the molecule is [2H]c1c([2H])c([2H])c2c(-c3nc(Cl)nc(-c4c([2H])c([2H])c([2H])c5c4c([2H])c([2H])c4c([2H])c([2H])c([2H])c([2H])c45)n3)c([2H])c([2H])c([2H])c2c1[2H]. The molecule has 6 rings (SSSR count). The zero-order valence-corrected chi connectivity index (χ0v) is 16.0. The van der Waals surface area contributed by atoms with E-state index in [1.807, 2.05) is 0 Å². The maximum Gasteiger partial charge on any atom is 0.226 e. The Hall–Kier alpha value is -3.82. The Bertz CT molecular complexity index is 2440. The molecular formula is C27H16ClN3. The Morgan fingerprint density at radius 3 is 1.81 bits per heavy atom. The second-order valence-corrected chi connectivity index (χ2v) is 6.59. The van der Waals surface area contributed by atoms with Gasteiger partial charge in [-0.05, 0) is 43.9 Å². The maximum atomic E-state index is 8.84. The van der Waals surface area contributed by atoms with Crippen LogP contribution in [0, 0.1) is 0 Å². The van der Waals surface area contributed by atoms with Crippen molar-refractivity contribution in [1.82, 2.24) is 15.0 Å². The lowest BCUT2D eigenvalue weighted by molar-refractivity contribution is 1.07. The van der Waals surface area contributed by atoms with Crippen LogP contribution in [0.15, 0.2) is 96.7 Å². The molecule has 0 aliphatic heterocycles. The smallest absolute Gasteiger partial charge is 0.208 e. The van der Waals surface area contributed by atoms with Crippen LogP contribution in [-0.2, 0) is 0 Å². The lowest BCUT2D eigenvalue weighted by atomic mass is 9.98. The molecule has 0 aliphatic carbocycles. The Morgan fingerprint density at radius 1 is 0.484 bits per heavy atom. The highest BCUT2D eigenvalue weighted by atomic mass is 35.5. The van der Waals surface area contributed by atoms with E-state index >= 15 is 0 Å². The molecule has 0 unspecified atom stereocenters. The first-order chi connectivity index (χ1) is 21.9. The molecule has 3 nitrogen and oxygen atoms in total. The molecule has 0 radical (unpaired) electrons. The number of hydrogen-bond acceptors (Lipinski definition) is 3. The van der Waals surface area contributed by atoms with Crippen molar-refractivity contribution >= 4 is 43.9 Å². The Balaban J connectivity index is 1.83. The summed E-state index contributed by atoms with van der Waals surface area (Å²) in [5.74, 6) is -1.06. The Morgan fingerprint density at radius 2 is 1.03 bits per heavy atom. The molecule has 0 aliphatic rings. The van der Waals surface area contributed by atoms with Crippen molar-refractivity contribution in [3.8, 4) is 22.8 Å². The number of nitrogens with zero attached hydrogens (tertiary/aromatic N) is 3. The van der Waals surface area contributed by atoms with Gasteiger partial charge in [0.15, 0.2) is 11.6 Å². The van der Waals surface area contributed by atoms with Crippen LogP contribution in [0.4, 0.5) is 0 Å². The van der Waals surface area contributed by atoms with Gasteiger partial charge in [0, 0.05) is 11.1 Å². The highest BCUT2D eigenvalue weighted by Crippen LogP contribution is 2.33. The molecule has 0 atom stereocenters. The van der Waals surface area contributed by atoms with E-state index in [0.29, 0.717) is 0 Å². The highest BCUT2D eigenvalue weighted by Gasteiger charge is 2.14. The lowest BCUT2D eigenvalue weighted by Gasteiger charge is -2.10. The van der Waals surface area contributed by atoms with Crippen LogP contribution in [0.3, 0.4) is 0 Å². The van der Waals surface area contributed by atoms with E-state index in [2.05, 4.69) is 15.0 Å². The molecule has 0 spiro atoms. The minimum Gasteiger partial charge on any atom is -0.208 e. The first-order valence-electron chi connectivity index (χ1n) is 16.8. The fourth-order valence-electron chi connectivity index (χ4n) is 3.16. The van der Waals surface area contributed by atoms with Gasteiger partial charge >= 0.3 is 0 Å². The predicted octanol–water partition coefficient (Wildman–Crippen LogP) is 7.32. The van der Waals surface area contributed by atoms with E-state index < -0.39 is 130 Å². The van der Waals surface area contributed by atoms with Crippen molar-refractivity contribution in [2.24, 2.45) is 0 Å². The molecule has 0 saturated carbocycles. The van der Waals surface area contributed by atoms with E-state index in [4.69, 9.17) is 33.5 Å². The van der Waals surface area contributed by atoms with Crippen molar-refractivity contribution in [2.45, 2.75) is 0 Å². The third kappa shape index (κ3) is 3.02. The fraction of sp³-hybridized carbons (Fsp3) is 0. The molecule has 31 heavy (non-hydrogen) atoms. The van der Waals surface area contributed by atoms with Crippen molar-refractivity contribution in [3.63, 3.8) is 0 Å². The molecule has 0 amide bonds. The number of aromatic nitrogens is 3. The zero-order valence-electron chi connectivity index (χ0n) is 31.2. The predicted molar refractivity (Wildman–Crippen MR) is 128 cm³/mol. The van der Waals surface area contributed by atoms with Gasteiger partial charge in [-0.1, -0.05) is 96.7 Å². The van der Waals surface area contributed by atoms with Crippen LogP contribution >= 0.6 is 11.6 Å². The first kappa shape index (κ1) is 8.03. The van der Waals surface area contributed by atoms with Gasteiger partial charge < -0.3 is 0 Å².